The molecule has 0 aliphatic rings. The van der Waals surface area contributed by atoms with Gasteiger partial charge in [-0.05, 0) is 77.9 Å². The summed E-state index contributed by atoms with van der Waals surface area (Å²) in [6.07, 6.45) is 4.86. The third-order valence-electron chi connectivity index (χ3n) is 9.21. The number of thiazole rings is 1. The summed E-state index contributed by atoms with van der Waals surface area (Å²) < 4.78 is 7.80. The van der Waals surface area contributed by atoms with Crippen LogP contribution in [-0.2, 0) is 31.9 Å². The molecule has 4 nitrogen and oxygen atoms in total. The number of pyridine rings is 2. The average molecular weight is 892 g/mol. The maximum absolute atomic E-state index is 6.64. The molecule has 4 aromatic heterocycles. The van der Waals surface area contributed by atoms with Gasteiger partial charge in [-0.2, -0.15) is 0 Å². The van der Waals surface area contributed by atoms with Gasteiger partial charge in [0.25, 0.3) is 0 Å². The SMILES string of the molecule is Cc1ccc(-c2[c-]cccc2)nc1.Cc1cccc(C)c1-c1cnc(-c2[c-]ccc3c2oc2c3ccc3sc(C(C)(C)C)nc32)cc1CC(C)(C)C.[Ir]. The predicted molar refractivity (Wildman–Crippen MR) is 219 cm³/mol. The number of hydrogen-bond donors (Lipinski definition) is 0. The second kappa shape index (κ2) is 15.1. The topological polar surface area (TPSA) is 51.8 Å². The largest absolute Gasteiger partial charge is 0.498 e. The van der Waals surface area contributed by atoms with Crippen LogP contribution in [0.5, 0.6) is 0 Å². The average Bonchev–Trinajstić information content (AvgIpc) is 3.72. The fourth-order valence-electron chi connectivity index (χ4n) is 6.70. The van der Waals surface area contributed by atoms with Gasteiger partial charge in [-0.1, -0.05) is 95.0 Å². The molecule has 0 spiro atoms. The number of rotatable bonds is 4. The standard InChI is InChI=1S/C35H35N2OS.C12H10N.Ir/c1-20-11-9-12-21(2)29(20)26-19-36-27(17-22(26)18-34(3,4)5)25-14-10-13-23-24-15-16-28-30(32(24)38-31(23)25)37-33(39-28)35(6,7)8;1-10-7-8-12(13-9-10)11-5-3-2-4-6-11;/h9-13,15-17,19H,18H2,1-8H3;2-5,7-9H,1H3;/q2*-1;. The summed E-state index contributed by atoms with van der Waals surface area (Å²) in [5.74, 6) is 0. The van der Waals surface area contributed by atoms with Crippen LogP contribution in [0.1, 0.15) is 68.8 Å². The number of furan rings is 1. The molecule has 0 bridgehead atoms. The van der Waals surface area contributed by atoms with Gasteiger partial charge >= 0.3 is 0 Å². The molecule has 1 radical (unpaired) electrons. The molecule has 0 saturated heterocycles. The van der Waals surface area contributed by atoms with Gasteiger partial charge in [-0.25, -0.2) is 4.98 Å². The quantitative estimate of drug-likeness (QED) is 0.165. The van der Waals surface area contributed by atoms with E-state index in [0.29, 0.717) is 0 Å². The number of nitrogens with zero attached hydrogens (tertiary/aromatic N) is 3. The zero-order valence-electron chi connectivity index (χ0n) is 31.9. The van der Waals surface area contributed by atoms with Crippen LogP contribution in [0, 0.1) is 38.3 Å². The Morgan fingerprint density at radius 2 is 1.45 bits per heavy atom. The minimum atomic E-state index is -0.00839. The van der Waals surface area contributed by atoms with Crippen molar-refractivity contribution in [3.05, 3.63) is 137 Å². The molecule has 0 saturated carbocycles. The van der Waals surface area contributed by atoms with Gasteiger partial charge in [0, 0.05) is 48.9 Å². The normalized spacial score (nSPS) is 11.8. The van der Waals surface area contributed by atoms with Crippen LogP contribution >= 0.6 is 11.3 Å². The molecule has 0 aliphatic carbocycles. The number of hydrogen-bond acceptors (Lipinski definition) is 5. The molecule has 0 unspecified atom stereocenters. The summed E-state index contributed by atoms with van der Waals surface area (Å²) in [6, 6.07) is 35.7. The molecule has 8 aromatic rings. The Kier molecular flexibility index (Phi) is 10.9. The number of aryl methyl sites for hydroxylation is 3. The second-order valence-corrected chi connectivity index (χ2v) is 17.0. The summed E-state index contributed by atoms with van der Waals surface area (Å²) in [5.41, 5.74) is 14.0. The minimum Gasteiger partial charge on any atom is -0.498 e. The van der Waals surface area contributed by atoms with Crippen molar-refractivity contribution in [2.45, 2.75) is 74.1 Å². The molecule has 8 rings (SSSR count). The van der Waals surface area contributed by atoms with Crippen LogP contribution in [0.2, 0.25) is 0 Å². The van der Waals surface area contributed by atoms with E-state index in [4.69, 9.17) is 14.4 Å². The number of benzene rings is 4. The Bertz CT molecular complexity index is 2520. The summed E-state index contributed by atoms with van der Waals surface area (Å²) >= 11 is 1.75. The molecule has 0 fully saturated rings. The van der Waals surface area contributed by atoms with Crippen LogP contribution in [0.15, 0.2) is 102 Å². The van der Waals surface area contributed by atoms with Crippen molar-refractivity contribution in [3.63, 3.8) is 0 Å². The zero-order chi connectivity index (χ0) is 36.8. The van der Waals surface area contributed by atoms with E-state index in [1.54, 1.807) is 11.3 Å². The summed E-state index contributed by atoms with van der Waals surface area (Å²) in [7, 11) is 0. The molecular formula is C47H45IrN3OS-2. The van der Waals surface area contributed by atoms with Gasteiger partial charge in [-0.15, -0.1) is 65.4 Å². The van der Waals surface area contributed by atoms with Gasteiger partial charge in [-0.3, -0.25) is 0 Å². The van der Waals surface area contributed by atoms with Crippen LogP contribution in [0.25, 0.3) is 65.8 Å². The van der Waals surface area contributed by atoms with Crippen LogP contribution < -0.4 is 0 Å². The molecule has 4 aromatic carbocycles. The van der Waals surface area contributed by atoms with Crippen molar-refractivity contribution in [1.82, 2.24) is 15.0 Å². The fraction of sp³-hybridized carbons (Fsp3) is 0.255. The molecule has 0 atom stereocenters. The van der Waals surface area contributed by atoms with Crippen LogP contribution in [0.3, 0.4) is 0 Å². The summed E-state index contributed by atoms with van der Waals surface area (Å²) in [4.78, 5) is 14.4. The molecule has 6 heteroatoms. The van der Waals surface area contributed by atoms with E-state index in [-0.39, 0.29) is 30.9 Å². The Hall–Kier alpha value is -4.48. The van der Waals surface area contributed by atoms with Gasteiger partial charge in [0.05, 0.1) is 15.3 Å². The van der Waals surface area contributed by atoms with Gasteiger partial charge in [0.2, 0.25) is 0 Å². The first kappa shape index (κ1) is 38.3. The Morgan fingerprint density at radius 3 is 2.11 bits per heavy atom. The van der Waals surface area contributed by atoms with Crippen LogP contribution in [-0.4, -0.2) is 15.0 Å². The molecule has 0 aliphatic heterocycles. The third kappa shape index (κ3) is 8.06. The molecule has 53 heavy (non-hydrogen) atoms. The van der Waals surface area contributed by atoms with Gasteiger partial charge in [0.15, 0.2) is 0 Å². The van der Waals surface area contributed by atoms with E-state index in [1.165, 1.54) is 33.4 Å². The molecule has 0 N–H and O–H groups in total. The molecule has 4 heterocycles. The number of aromatic nitrogens is 3. The van der Waals surface area contributed by atoms with Gasteiger partial charge < -0.3 is 14.4 Å². The van der Waals surface area contributed by atoms with E-state index in [1.807, 2.05) is 49.5 Å². The summed E-state index contributed by atoms with van der Waals surface area (Å²) in [6.45, 7) is 19.9. The van der Waals surface area contributed by atoms with E-state index < -0.39 is 0 Å². The van der Waals surface area contributed by atoms with E-state index in [0.717, 1.165) is 66.1 Å². The van der Waals surface area contributed by atoms with Crippen molar-refractivity contribution in [2.75, 3.05) is 0 Å². The first-order valence-electron chi connectivity index (χ1n) is 17.9. The molecule has 271 valence electrons. The van der Waals surface area contributed by atoms with E-state index in [9.17, 15) is 0 Å². The van der Waals surface area contributed by atoms with E-state index in [2.05, 4.69) is 127 Å². The maximum Gasteiger partial charge on any atom is 0.148 e. The van der Waals surface area contributed by atoms with Crippen molar-refractivity contribution in [2.24, 2.45) is 5.41 Å². The first-order valence-corrected chi connectivity index (χ1v) is 18.7. The maximum atomic E-state index is 6.64. The molecular weight excluding hydrogens is 847 g/mol. The van der Waals surface area contributed by atoms with Crippen molar-refractivity contribution < 1.29 is 24.5 Å². The first-order chi connectivity index (χ1) is 24.8. The fourth-order valence-corrected chi connectivity index (χ4v) is 7.72. The Balaban J connectivity index is 0.000000289. The Labute approximate surface area is 331 Å². The zero-order valence-corrected chi connectivity index (χ0v) is 35.1. The summed E-state index contributed by atoms with van der Waals surface area (Å²) in [5, 5.41) is 3.28. The predicted octanol–water partition coefficient (Wildman–Crippen LogP) is 13.1. The van der Waals surface area contributed by atoms with Crippen molar-refractivity contribution in [1.29, 1.82) is 0 Å². The smallest absolute Gasteiger partial charge is 0.148 e. The monoisotopic (exact) mass is 892 g/mol. The van der Waals surface area contributed by atoms with Crippen molar-refractivity contribution >= 4 is 43.5 Å². The van der Waals surface area contributed by atoms with Crippen molar-refractivity contribution in [3.8, 4) is 33.6 Å². The second-order valence-electron chi connectivity index (χ2n) is 16.0. The van der Waals surface area contributed by atoms with E-state index >= 15 is 0 Å². The van der Waals surface area contributed by atoms with Crippen LogP contribution in [0.4, 0.5) is 0 Å². The third-order valence-corrected chi connectivity index (χ3v) is 10.7. The Morgan fingerprint density at radius 1 is 0.717 bits per heavy atom. The molecule has 0 amide bonds. The number of fused-ring (bicyclic) bond motifs is 5. The van der Waals surface area contributed by atoms with Gasteiger partial charge in [0.1, 0.15) is 11.1 Å². The minimum absolute atomic E-state index is 0.